The standard InChI is InChI=1S/C22H29FN4O4S/c1-32(30,31)19-13-17-18(12-16(19)23)27(21(29)24-17)15-2-8-25(9-3-15)14-20(28)26-10-6-22(4-5-22)7-11-26/h12-13,15H,2-11,14H2,1H3,(H,24,29). The summed E-state index contributed by atoms with van der Waals surface area (Å²) >= 11 is 0. The molecule has 1 saturated carbocycles. The first kappa shape index (κ1) is 21.6. The number of rotatable bonds is 4. The van der Waals surface area contributed by atoms with Gasteiger partial charge in [0.1, 0.15) is 10.7 Å². The number of likely N-dealkylation sites (tertiary alicyclic amines) is 2. The third-order valence-electron chi connectivity index (χ3n) is 7.58. The van der Waals surface area contributed by atoms with Gasteiger partial charge < -0.3 is 9.88 Å². The van der Waals surface area contributed by atoms with Crippen molar-refractivity contribution in [3.05, 3.63) is 28.4 Å². The van der Waals surface area contributed by atoms with E-state index in [-0.39, 0.29) is 17.6 Å². The predicted octanol–water partition coefficient (Wildman–Crippen LogP) is 1.91. The molecule has 1 N–H and O–H groups in total. The number of H-pyrrole nitrogens is 1. The summed E-state index contributed by atoms with van der Waals surface area (Å²) in [6.07, 6.45) is 7.16. The van der Waals surface area contributed by atoms with Crippen LogP contribution < -0.4 is 5.69 Å². The molecular formula is C22H29FN4O4S. The lowest BCUT2D eigenvalue weighted by molar-refractivity contribution is -0.134. The summed E-state index contributed by atoms with van der Waals surface area (Å²) in [5, 5.41) is 0. The molecule has 2 aromatic rings. The van der Waals surface area contributed by atoms with Crippen LogP contribution in [0.1, 0.15) is 44.6 Å². The highest BCUT2D eigenvalue weighted by atomic mass is 32.2. The first-order valence-electron chi connectivity index (χ1n) is 11.3. The van der Waals surface area contributed by atoms with Gasteiger partial charge in [-0.05, 0) is 50.0 Å². The highest BCUT2D eigenvalue weighted by Gasteiger charge is 2.45. The van der Waals surface area contributed by atoms with Crippen molar-refractivity contribution >= 4 is 26.8 Å². The van der Waals surface area contributed by atoms with Crippen molar-refractivity contribution in [3.63, 3.8) is 0 Å². The zero-order chi connectivity index (χ0) is 22.7. The van der Waals surface area contributed by atoms with Gasteiger partial charge in [-0.25, -0.2) is 17.6 Å². The Kier molecular flexibility index (Phi) is 5.20. The van der Waals surface area contributed by atoms with Gasteiger partial charge in [0.2, 0.25) is 5.91 Å². The van der Waals surface area contributed by atoms with Crippen molar-refractivity contribution in [1.82, 2.24) is 19.4 Å². The van der Waals surface area contributed by atoms with E-state index in [0.717, 1.165) is 38.3 Å². The number of sulfone groups is 1. The monoisotopic (exact) mass is 464 g/mol. The van der Waals surface area contributed by atoms with Gasteiger partial charge in [-0.3, -0.25) is 14.3 Å². The Bertz CT molecular complexity index is 1210. The van der Waals surface area contributed by atoms with Crippen molar-refractivity contribution < 1.29 is 17.6 Å². The number of amides is 1. The lowest BCUT2D eigenvalue weighted by Gasteiger charge is -2.36. The molecule has 1 aromatic carbocycles. The Morgan fingerprint density at radius 3 is 2.38 bits per heavy atom. The number of carbonyl (C=O) groups excluding carboxylic acids is 1. The highest BCUT2D eigenvalue weighted by molar-refractivity contribution is 7.90. The predicted molar refractivity (Wildman–Crippen MR) is 118 cm³/mol. The smallest absolute Gasteiger partial charge is 0.326 e. The molecule has 2 saturated heterocycles. The summed E-state index contributed by atoms with van der Waals surface area (Å²) in [4.78, 5) is 31.7. The second kappa shape index (κ2) is 7.69. The van der Waals surface area contributed by atoms with Gasteiger partial charge in [0.05, 0.1) is 17.6 Å². The largest absolute Gasteiger partial charge is 0.342 e. The Balaban J connectivity index is 1.25. The van der Waals surface area contributed by atoms with Crippen LogP contribution >= 0.6 is 0 Å². The molecule has 3 heterocycles. The minimum atomic E-state index is -3.73. The number of nitrogens with one attached hydrogen (secondary N) is 1. The summed E-state index contributed by atoms with van der Waals surface area (Å²) in [5.74, 6) is -0.677. The molecule has 32 heavy (non-hydrogen) atoms. The molecule has 174 valence electrons. The van der Waals surface area contributed by atoms with E-state index >= 15 is 0 Å². The van der Waals surface area contributed by atoms with Crippen molar-refractivity contribution in [2.75, 3.05) is 39.0 Å². The summed E-state index contributed by atoms with van der Waals surface area (Å²) in [7, 11) is -3.73. The van der Waals surface area contributed by atoms with E-state index in [1.807, 2.05) is 4.90 Å². The lowest BCUT2D eigenvalue weighted by atomic mass is 9.93. The zero-order valence-electron chi connectivity index (χ0n) is 18.3. The van der Waals surface area contributed by atoms with Crippen LogP contribution in [0.15, 0.2) is 21.8 Å². The first-order valence-corrected chi connectivity index (χ1v) is 13.2. The number of carbonyl (C=O) groups is 1. The molecule has 10 heteroatoms. The third kappa shape index (κ3) is 3.98. The molecule has 0 bridgehead atoms. The Hall–Kier alpha value is -2.20. The van der Waals surface area contributed by atoms with Crippen LogP contribution in [0.25, 0.3) is 11.0 Å². The molecular weight excluding hydrogens is 435 g/mol. The quantitative estimate of drug-likeness (QED) is 0.746. The van der Waals surface area contributed by atoms with Crippen LogP contribution in [-0.4, -0.2) is 72.7 Å². The maximum Gasteiger partial charge on any atom is 0.326 e. The van der Waals surface area contributed by atoms with Gasteiger partial charge >= 0.3 is 5.69 Å². The summed E-state index contributed by atoms with van der Waals surface area (Å²) in [5.41, 5.74) is 0.857. The van der Waals surface area contributed by atoms with Gasteiger partial charge in [-0.1, -0.05) is 0 Å². The Morgan fingerprint density at radius 1 is 1.12 bits per heavy atom. The SMILES string of the molecule is CS(=O)(=O)c1cc2[nH]c(=O)n(C3CCN(CC(=O)N4CCC5(CC4)CC5)CC3)c2cc1F. The number of benzene rings is 1. The van der Waals surface area contributed by atoms with Crippen molar-refractivity contribution in [2.45, 2.75) is 49.5 Å². The molecule has 1 aromatic heterocycles. The number of aromatic nitrogens is 2. The van der Waals surface area contributed by atoms with Crippen molar-refractivity contribution in [2.24, 2.45) is 5.41 Å². The molecule has 5 rings (SSSR count). The molecule has 8 nitrogen and oxygen atoms in total. The molecule has 3 fully saturated rings. The molecule has 1 amide bonds. The number of halogens is 1. The van der Waals surface area contributed by atoms with Crippen molar-refractivity contribution in [1.29, 1.82) is 0 Å². The fraction of sp³-hybridized carbons (Fsp3) is 0.636. The minimum Gasteiger partial charge on any atom is -0.342 e. The fourth-order valence-electron chi connectivity index (χ4n) is 5.31. The van der Waals surface area contributed by atoms with E-state index in [0.29, 0.717) is 48.9 Å². The van der Waals surface area contributed by atoms with Crippen LogP contribution in [0.4, 0.5) is 4.39 Å². The van der Waals surface area contributed by atoms with Gasteiger partial charge in [0, 0.05) is 44.5 Å². The average Bonchev–Trinajstić information content (AvgIpc) is 3.41. The van der Waals surface area contributed by atoms with E-state index in [1.165, 1.54) is 23.5 Å². The van der Waals surface area contributed by atoms with E-state index in [2.05, 4.69) is 9.88 Å². The molecule has 2 aliphatic heterocycles. The van der Waals surface area contributed by atoms with Gasteiger partial charge in [-0.2, -0.15) is 0 Å². The maximum atomic E-state index is 14.4. The zero-order valence-corrected chi connectivity index (χ0v) is 19.1. The number of piperidine rings is 2. The van der Waals surface area contributed by atoms with Crippen LogP contribution in [0.2, 0.25) is 0 Å². The Labute approximate surface area is 186 Å². The van der Waals surface area contributed by atoms with Gasteiger partial charge in [-0.15, -0.1) is 0 Å². The van der Waals surface area contributed by atoms with E-state index in [1.54, 1.807) is 0 Å². The number of nitrogens with zero attached hydrogens (tertiary/aromatic N) is 3. The molecule has 3 aliphatic rings. The summed E-state index contributed by atoms with van der Waals surface area (Å²) < 4.78 is 39.6. The molecule has 1 spiro atoms. The van der Waals surface area contributed by atoms with Crippen molar-refractivity contribution in [3.8, 4) is 0 Å². The minimum absolute atomic E-state index is 0.129. The van der Waals surface area contributed by atoms with Crippen LogP contribution in [0.5, 0.6) is 0 Å². The third-order valence-corrected chi connectivity index (χ3v) is 8.70. The lowest BCUT2D eigenvalue weighted by Crippen LogP contribution is -2.46. The average molecular weight is 465 g/mol. The van der Waals surface area contributed by atoms with Crippen LogP contribution in [0, 0.1) is 11.2 Å². The van der Waals surface area contributed by atoms with Crippen LogP contribution in [0.3, 0.4) is 0 Å². The molecule has 0 radical (unpaired) electrons. The summed E-state index contributed by atoms with van der Waals surface area (Å²) in [6.45, 7) is 3.48. The van der Waals surface area contributed by atoms with Gasteiger partial charge in [0.25, 0.3) is 0 Å². The number of imidazole rings is 1. The van der Waals surface area contributed by atoms with Crippen LogP contribution in [-0.2, 0) is 14.6 Å². The summed E-state index contributed by atoms with van der Waals surface area (Å²) in [6, 6.07) is 2.19. The number of aromatic amines is 1. The van der Waals surface area contributed by atoms with E-state index in [4.69, 9.17) is 0 Å². The van der Waals surface area contributed by atoms with E-state index in [9.17, 15) is 22.4 Å². The maximum absolute atomic E-state index is 14.4. The molecule has 0 atom stereocenters. The first-order chi connectivity index (χ1) is 15.2. The topological polar surface area (TPSA) is 95.5 Å². The number of hydrogen-bond donors (Lipinski definition) is 1. The van der Waals surface area contributed by atoms with Gasteiger partial charge in [0.15, 0.2) is 9.84 Å². The normalized spacial score (nSPS) is 22.0. The van der Waals surface area contributed by atoms with E-state index < -0.39 is 20.5 Å². The second-order valence-corrected chi connectivity index (χ2v) is 11.7. The Morgan fingerprint density at radius 2 is 1.78 bits per heavy atom. The second-order valence-electron chi connectivity index (χ2n) is 9.76. The highest BCUT2D eigenvalue weighted by Crippen LogP contribution is 2.53. The fourth-order valence-corrected chi connectivity index (χ4v) is 6.05. The molecule has 1 aliphatic carbocycles. The molecule has 0 unspecified atom stereocenters. The number of hydrogen-bond acceptors (Lipinski definition) is 5. The number of fused-ring (bicyclic) bond motifs is 1.